The number of rotatable bonds is 7. The summed E-state index contributed by atoms with van der Waals surface area (Å²) in [5.74, 6) is 2.58. The van der Waals surface area contributed by atoms with Gasteiger partial charge in [-0.2, -0.15) is 0 Å². The molecule has 0 aromatic heterocycles. The maximum atomic E-state index is 12.3. The summed E-state index contributed by atoms with van der Waals surface area (Å²) in [5.41, 5.74) is 1.28. The summed E-state index contributed by atoms with van der Waals surface area (Å²) >= 11 is 0. The highest BCUT2D eigenvalue weighted by atomic mass is 16.5. The summed E-state index contributed by atoms with van der Waals surface area (Å²) in [6, 6.07) is 6.47. The van der Waals surface area contributed by atoms with Gasteiger partial charge in [0, 0.05) is 24.3 Å². The Labute approximate surface area is 168 Å². The van der Waals surface area contributed by atoms with E-state index in [4.69, 9.17) is 14.2 Å². The van der Waals surface area contributed by atoms with Gasteiger partial charge in [-0.05, 0) is 56.1 Å². The Hall–Kier alpha value is -2.01. The summed E-state index contributed by atoms with van der Waals surface area (Å²) < 4.78 is 16.7. The summed E-state index contributed by atoms with van der Waals surface area (Å²) in [6.07, 6.45) is 6.46. The van der Waals surface area contributed by atoms with Gasteiger partial charge in [-0.25, -0.2) is 0 Å². The molecule has 0 spiro atoms. The number of benzene rings is 1. The number of carbonyl (C=O) groups excluding carboxylic acids is 1. The summed E-state index contributed by atoms with van der Waals surface area (Å²) in [7, 11) is 5.48. The number of methoxy groups -OCH3 is 2. The van der Waals surface area contributed by atoms with Gasteiger partial charge in [0.1, 0.15) is 5.76 Å². The third-order valence-corrected chi connectivity index (χ3v) is 6.53. The fourth-order valence-corrected chi connectivity index (χ4v) is 4.56. The Morgan fingerprint density at radius 2 is 2.00 bits per heavy atom. The molecule has 0 radical (unpaired) electrons. The molecule has 1 aliphatic carbocycles. The van der Waals surface area contributed by atoms with Crippen LogP contribution in [0.1, 0.15) is 51.5 Å². The molecule has 1 heterocycles. The van der Waals surface area contributed by atoms with Crippen LogP contribution in [0.2, 0.25) is 0 Å². The molecule has 5 nitrogen and oxygen atoms in total. The van der Waals surface area contributed by atoms with Crippen molar-refractivity contribution >= 4 is 5.97 Å². The van der Waals surface area contributed by atoms with Crippen molar-refractivity contribution in [2.45, 2.75) is 57.4 Å². The zero-order valence-corrected chi connectivity index (χ0v) is 17.8. The quantitative estimate of drug-likeness (QED) is 0.653. The minimum Gasteiger partial charge on any atom is -0.493 e. The fourth-order valence-electron chi connectivity index (χ4n) is 4.56. The summed E-state index contributed by atoms with van der Waals surface area (Å²) in [6.45, 7) is 5.20. The Balaban J connectivity index is 1.85. The van der Waals surface area contributed by atoms with Crippen LogP contribution in [0.25, 0.3) is 0 Å². The zero-order chi connectivity index (χ0) is 20.3. The molecule has 3 rings (SSSR count). The highest BCUT2D eigenvalue weighted by Gasteiger charge is 2.48. The van der Waals surface area contributed by atoms with Gasteiger partial charge in [-0.3, -0.25) is 9.69 Å². The molecule has 1 aromatic rings. The van der Waals surface area contributed by atoms with Crippen molar-refractivity contribution < 1.29 is 19.0 Å². The molecule has 0 amide bonds. The van der Waals surface area contributed by atoms with Crippen LogP contribution in [0.4, 0.5) is 0 Å². The first-order chi connectivity index (χ1) is 13.4. The molecule has 1 fully saturated rings. The van der Waals surface area contributed by atoms with Crippen molar-refractivity contribution in [2.24, 2.45) is 5.92 Å². The molecule has 3 atom stereocenters. The van der Waals surface area contributed by atoms with E-state index in [9.17, 15) is 4.79 Å². The number of allylic oxidation sites excluding steroid dienone is 1. The third-order valence-electron chi connectivity index (χ3n) is 6.53. The van der Waals surface area contributed by atoms with Gasteiger partial charge < -0.3 is 14.2 Å². The van der Waals surface area contributed by atoms with E-state index in [1.165, 1.54) is 5.56 Å². The van der Waals surface area contributed by atoms with Gasteiger partial charge in [0.15, 0.2) is 11.5 Å². The summed E-state index contributed by atoms with van der Waals surface area (Å²) in [5, 5.41) is 0. The Morgan fingerprint density at radius 1 is 1.25 bits per heavy atom. The van der Waals surface area contributed by atoms with Crippen molar-refractivity contribution in [1.82, 2.24) is 4.90 Å². The smallest absolute Gasteiger partial charge is 0.311 e. The van der Waals surface area contributed by atoms with Crippen LogP contribution in [-0.4, -0.2) is 44.7 Å². The topological polar surface area (TPSA) is 48.0 Å². The second-order valence-electron chi connectivity index (χ2n) is 8.23. The number of ether oxygens (including phenoxy) is 3. The Kier molecular flexibility index (Phi) is 6.33. The molecule has 1 aromatic carbocycles. The van der Waals surface area contributed by atoms with Crippen LogP contribution in [0.3, 0.4) is 0 Å². The van der Waals surface area contributed by atoms with E-state index in [2.05, 4.69) is 44.0 Å². The van der Waals surface area contributed by atoms with E-state index in [1.54, 1.807) is 14.2 Å². The van der Waals surface area contributed by atoms with Crippen LogP contribution in [0.15, 0.2) is 30.0 Å². The molecule has 28 heavy (non-hydrogen) atoms. The molecule has 0 saturated carbocycles. The van der Waals surface area contributed by atoms with E-state index in [0.717, 1.165) is 49.5 Å². The number of likely N-dealkylation sites (N-methyl/N-ethyl adjacent to an activating group) is 1. The molecule has 1 aliphatic heterocycles. The van der Waals surface area contributed by atoms with Crippen LogP contribution in [0.5, 0.6) is 11.5 Å². The number of likely N-dealkylation sites (tertiary alicyclic amines) is 1. The first kappa shape index (κ1) is 20.7. The second kappa shape index (κ2) is 8.56. The largest absolute Gasteiger partial charge is 0.493 e. The van der Waals surface area contributed by atoms with E-state index in [0.29, 0.717) is 12.3 Å². The number of carbonyl (C=O) groups is 1. The lowest BCUT2D eigenvalue weighted by atomic mass is 9.68. The monoisotopic (exact) mass is 387 g/mol. The average molecular weight is 388 g/mol. The predicted octanol–water partition coefficient (Wildman–Crippen LogP) is 4.30. The lowest BCUT2D eigenvalue weighted by Gasteiger charge is -2.40. The molecule has 0 N–H and O–H groups in total. The van der Waals surface area contributed by atoms with Gasteiger partial charge in [-0.15, -0.1) is 0 Å². The first-order valence-corrected chi connectivity index (χ1v) is 10.3. The maximum absolute atomic E-state index is 12.3. The minimum atomic E-state index is -0.111. The molecule has 1 unspecified atom stereocenters. The molecule has 0 bridgehead atoms. The number of nitrogens with zero attached hydrogens (tertiary/aromatic N) is 1. The zero-order valence-electron chi connectivity index (χ0n) is 17.8. The highest BCUT2D eigenvalue weighted by Crippen LogP contribution is 2.49. The molecule has 2 aliphatic rings. The van der Waals surface area contributed by atoms with Crippen molar-refractivity contribution in [1.29, 1.82) is 0 Å². The lowest BCUT2D eigenvalue weighted by molar-refractivity contribution is -0.141. The Morgan fingerprint density at radius 3 is 2.68 bits per heavy atom. The van der Waals surface area contributed by atoms with E-state index in [-0.39, 0.29) is 17.4 Å². The summed E-state index contributed by atoms with van der Waals surface area (Å²) in [4.78, 5) is 14.6. The van der Waals surface area contributed by atoms with Crippen molar-refractivity contribution in [2.75, 3.05) is 27.8 Å². The SMILES string of the molecule is CCC(C)CC(=O)OC1=C[C@@H]2N(C)CC[C@]2(c2ccc(OC)c(OC)c2)CC1. The van der Waals surface area contributed by atoms with Gasteiger partial charge in [0.2, 0.25) is 0 Å². The van der Waals surface area contributed by atoms with Crippen LogP contribution >= 0.6 is 0 Å². The van der Waals surface area contributed by atoms with Gasteiger partial charge in [0.05, 0.1) is 14.2 Å². The number of hydrogen-bond donors (Lipinski definition) is 0. The van der Waals surface area contributed by atoms with Crippen LogP contribution < -0.4 is 9.47 Å². The molecule has 1 saturated heterocycles. The van der Waals surface area contributed by atoms with E-state index >= 15 is 0 Å². The normalized spacial score (nSPS) is 25.6. The van der Waals surface area contributed by atoms with Crippen molar-refractivity contribution in [3.05, 3.63) is 35.6 Å². The second-order valence-corrected chi connectivity index (χ2v) is 8.23. The maximum Gasteiger partial charge on any atom is 0.311 e. The minimum absolute atomic E-state index is 0.0148. The highest BCUT2D eigenvalue weighted by molar-refractivity contribution is 5.71. The van der Waals surface area contributed by atoms with Gasteiger partial charge >= 0.3 is 5.97 Å². The van der Waals surface area contributed by atoms with Crippen LogP contribution in [0, 0.1) is 5.92 Å². The number of hydrogen-bond acceptors (Lipinski definition) is 5. The molecular formula is C23H33NO4. The fraction of sp³-hybridized carbons (Fsp3) is 0.609. The predicted molar refractivity (Wildman–Crippen MR) is 110 cm³/mol. The number of fused-ring (bicyclic) bond motifs is 1. The standard InChI is InChI=1S/C23H33NO4/c1-6-16(2)13-22(25)28-18-9-10-23(11-12-24(3)21(23)15-18)17-7-8-19(26-4)20(14-17)27-5/h7-8,14-16,21H,6,9-13H2,1-5H3/t16?,21-,23-/m0/s1. The number of esters is 1. The Bertz CT molecular complexity index is 744. The third kappa shape index (κ3) is 3.90. The lowest BCUT2D eigenvalue weighted by Crippen LogP contribution is -2.42. The van der Waals surface area contributed by atoms with E-state index < -0.39 is 0 Å². The molecule has 154 valence electrons. The molecular weight excluding hydrogens is 354 g/mol. The van der Waals surface area contributed by atoms with Crippen molar-refractivity contribution in [3.8, 4) is 11.5 Å². The van der Waals surface area contributed by atoms with E-state index in [1.807, 2.05) is 6.07 Å². The van der Waals surface area contributed by atoms with Crippen LogP contribution in [-0.2, 0) is 14.9 Å². The average Bonchev–Trinajstić information content (AvgIpc) is 3.04. The first-order valence-electron chi connectivity index (χ1n) is 10.3. The van der Waals surface area contributed by atoms with Gasteiger partial charge in [0.25, 0.3) is 0 Å². The van der Waals surface area contributed by atoms with Gasteiger partial charge in [-0.1, -0.05) is 26.3 Å². The molecule has 5 heteroatoms. The van der Waals surface area contributed by atoms with Crippen molar-refractivity contribution in [3.63, 3.8) is 0 Å².